The Balaban J connectivity index is 1.70. The standard InChI is InChI=1S/C26H34FN3O6S/c1-4-5-14-28-26(32)19(2)29(17-20-8-10-21(27)11-9-20)25(31)7-6-15-30(37(3,33)34)22-12-13-23-24(16-22)36-18-35-23/h8-13,16,19H,4-7,14-15,17-18H2,1-3H3,(H,28,32)/t19-/m1/s1. The third-order valence-electron chi connectivity index (χ3n) is 6.06. The van der Waals surface area contributed by atoms with Crippen LogP contribution in [0.15, 0.2) is 42.5 Å². The monoisotopic (exact) mass is 535 g/mol. The summed E-state index contributed by atoms with van der Waals surface area (Å²) in [7, 11) is -3.64. The van der Waals surface area contributed by atoms with Crippen molar-refractivity contribution in [2.75, 3.05) is 30.4 Å². The van der Waals surface area contributed by atoms with Gasteiger partial charge in [-0.3, -0.25) is 13.9 Å². The number of fused-ring (bicyclic) bond motifs is 1. The van der Waals surface area contributed by atoms with E-state index in [1.165, 1.54) is 21.3 Å². The Morgan fingerprint density at radius 2 is 1.78 bits per heavy atom. The summed E-state index contributed by atoms with van der Waals surface area (Å²) < 4.78 is 50.3. The van der Waals surface area contributed by atoms with Crippen molar-refractivity contribution < 1.29 is 31.9 Å². The van der Waals surface area contributed by atoms with Crippen LogP contribution < -0.4 is 19.1 Å². The number of nitrogens with zero attached hydrogens (tertiary/aromatic N) is 2. The van der Waals surface area contributed by atoms with Gasteiger partial charge in [-0.25, -0.2) is 12.8 Å². The first-order chi connectivity index (χ1) is 17.6. The number of halogens is 1. The SMILES string of the molecule is CCCCNC(=O)[C@@H](C)N(Cc1ccc(F)cc1)C(=O)CCCN(c1ccc2c(c1)OCO2)S(C)(=O)=O. The molecule has 2 amide bonds. The minimum atomic E-state index is -3.64. The molecule has 2 aromatic rings. The molecule has 0 aromatic heterocycles. The number of unbranched alkanes of at least 4 members (excludes halogenated alkanes) is 1. The first kappa shape index (κ1) is 28.2. The summed E-state index contributed by atoms with van der Waals surface area (Å²) >= 11 is 0. The Morgan fingerprint density at radius 3 is 2.46 bits per heavy atom. The maximum atomic E-state index is 13.4. The van der Waals surface area contributed by atoms with Crippen LogP contribution in [0.1, 0.15) is 45.1 Å². The van der Waals surface area contributed by atoms with E-state index in [1.807, 2.05) is 6.92 Å². The summed E-state index contributed by atoms with van der Waals surface area (Å²) in [5.74, 6) is 0.0191. The summed E-state index contributed by atoms with van der Waals surface area (Å²) in [5, 5.41) is 2.85. The summed E-state index contributed by atoms with van der Waals surface area (Å²) in [6, 6.07) is 9.86. The minimum Gasteiger partial charge on any atom is -0.454 e. The molecular weight excluding hydrogens is 501 g/mol. The van der Waals surface area contributed by atoms with Crippen LogP contribution in [0.25, 0.3) is 0 Å². The fraction of sp³-hybridized carbons (Fsp3) is 0.462. The Labute approximate surface area is 217 Å². The molecule has 1 heterocycles. The molecule has 202 valence electrons. The predicted octanol–water partition coefficient (Wildman–Crippen LogP) is 3.43. The highest BCUT2D eigenvalue weighted by Crippen LogP contribution is 2.36. The molecule has 0 bridgehead atoms. The molecule has 11 heteroatoms. The Kier molecular flexibility index (Phi) is 9.73. The predicted molar refractivity (Wildman–Crippen MR) is 138 cm³/mol. The summed E-state index contributed by atoms with van der Waals surface area (Å²) in [6.45, 7) is 4.43. The number of sulfonamides is 1. The van der Waals surface area contributed by atoms with Crippen LogP contribution in [0.3, 0.4) is 0 Å². The van der Waals surface area contributed by atoms with Crippen LogP contribution >= 0.6 is 0 Å². The third kappa shape index (κ3) is 7.82. The molecule has 1 aliphatic heterocycles. The van der Waals surface area contributed by atoms with Crippen LogP contribution in [-0.4, -0.2) is 57.3 Å². The van der Waals surface area contributed by atoms with Crippen LogP contribution in [-0.2, 0) is 26.2 Å². The molecule has 3 rings (SSSR count). The highest BCUT2D eigenvalue weighted by Gasteiger charge is 2.27. The van der Waals surface area contributed by atoms with E-state index in [-0.39, 0.29) is 44.5 Å². The number of carbonyl (C=O) groups is 2. The molecule has 0 aliphatic carbocycles. The molecule has 9 nitrogen and oxygen atoms in total. The van der Waals surface area contributed by atoms with E-state index in [1.54, 1.807) is 37.3 Å². The van der Waals surface area contributed by atoms with Gasteiger partial charge < -0.3 is 19.7 Å². The first-order valence-corrected chi connectivity index (χ1v) is 14.1. The zero-order valence-electron chi connectivity index (χ0n) is 21.4. The van der Waals surface area contributed by atoms with Crippen LogP contribution in [0.5, 0.6) is 11.5 Å². The van der Waals surface area contributed by atoms with Crippen LogP contribution in [0, 0.1) is 5.82 Å². The van der Waals surface area contributed by atoms with Gasteiger partial charge in [-0.15, -0.1) is 0 Å². The first-order valence-electron chi connectivity index (χ1n) is 12.3. The zero-order chi connectivity index (χ0) is 27.0. The van der Waals surface area contributed by atoms with Crippen molar-refractivity contribution in [1.82, 2.24) is 10.2 Å². The third-order valence-corrected chi connectivity index (χ3v) is 7.25. The quantitative estimate of drug-likeness (QED) is 0.394. The van der Waals surface area contributed by atoms with Gasteiger partial charge in [-0.2, -0.15) is 0 Å². The van der Waals surface area contributed by atoms with Crippen LogP contribution in [0.2, 0.25) is 0 Å². The van der Waals surface area contributed by atoms with Crippen LogP contribution in [0.4, 0.5) is 10.1 Å². The topological polar surface area (TPSA) is 105 Å². The lowest BCUT2D eigenvalue weighted by Crippen LogP contribution is -2.48. The van der Waals surface area contributed by atoms with E-state index in [0.717, 1.165) is 19.1 Å². The second kappa shape index (κ2) is 12.8. The van der Waals surface area contributed by atoms with E-state index in [9.17, 15) is 22.4 Å². The fourth-order valence-corrected chi connectivity index (χ4v) is 4.91. The summed E-state index contributed by atoms with van der Waals surface area (Å²) in [6.07, 6.45) is 3.09. The number of amides is 2. The smallest absolute Gasteiger partial charge is 0.242 e. The number of anilines is 1. The van der Waals surface area contributed by atoms with Gasteiger partial charge in [0.05, 0.1) is 11.9 Å². The molecule has 0 radical (unpaired) electrons. The van der Waals surface area contributed by atoms with Crippen molar-refractivity contribution in [3.05, 3.63) is 53.8 Å². The van der Waals surface area contributed by atoms with Crippen molar-refractivity contribution in [2.24, 2.45) is 0 Å². The Bertz CT molecular complexity index is 1190. The number of rotatable bonds is 13. The number of hydrogen-bond donors (Lipinski definition) is 1. The van der Waals surface area contributed by atoms with Crippen molar-refractivity contribution in [2.45, 2.75) is 52.1 Å². The molecule has 1 aliphatic rings. The van der Waals surface area contributed by atoms with E-state index in [4.69, 9.17) is 9.47 Å². The van der Waals surface area contributed by atoms with E-state index in [2.05, 4.69) is 5.32 Å². The molecule has 0 saturated heterocycles. The Hall–Kier alpha value is -3.34. The number of benzene rings is 2. The van der Waals surface area contributed by atoms with Crippen molar-refractivity contribution in [3.8, 4) is 11.5 Å². The summed E-state index contributed by atoms with van der Waals surface area (Å²) in [5.41, 5.74) is 1.09. The molecule has 0 fully saturated rings. The van der Waals surface area contributed by atoms with Crippen molar-refractivity contribution in [1.29, 1.82) is 0 Å². The molecular formula is C26H34FN3O6S. The fourth-order valence-electron chi connectivity index (χ4n) is 3.95. The molecule has 37 heavy (non-hydrogen) atoms. The average molecular weight is 536 g/mol. The van der Waals surface area contributed by atoms with Crippen molar-refractivity contribution >= 4 is 27.5 Å². The Morgan fingerprint density at radius 1 is 1.08 bits per heavy atom. The maximum Gasteiger partial charge on any atom is 0.242 e. The lowest BCUT2D eigenvalue weighted by Gasteiger charge is -2.29. The van der Waals surface area contributed by atoms with Gasteiger partial charge in [-0.05, 0) is 49.6 Å². The van der Waals surface area contributed by atoms with Crippen molar-refractivity contribution in [3.63, 3.8) is 0 Å². The number of carbonyl (C=O) groups excluding carboxylic acids is 2. The van der Waals surface area contributed by atoms with Gasteiger partial charge in [0.15, 0.2) is 11.5 Å². The molecule has 1 atom stereocenters. The normalized spacial score (nSPS) is 13.2. The lowest BCUT2D eigenvalue weighted by molar-refractivity contribution is -0.140. The van der Waals surface area contributed by atoms with Gasteiger partial charge in [0.25, 0.3) is 0 Å². The second-order valence-corrected chi connectivity index (χ2v) is 10.9. The minimum absolute atomic E-state index is 0.0182. The second-order valence-electron chi connectivity index (χ2n) is 8.94. The average Bonchev–Trinajstić information content (AvgIpc) is 3.33. The van der Waals surface area contributed by atoms with E-state index < -0.39 is 21.9 Å². The van der Waals surface area contributed by atoms with E-state index in [0.29, 0.717) is 29.3 Å². The van der Waals surface area contributed by atoms with Gasteiger partial charge >= 0.3 is 0 Å². The van der Waals surface area contributed by atoms with E-state index >= 15 is 0 Å². The molecule has 0 saturated carbocycles. The van der Waals surface area contributed by atoms with Gasteiger partial charge in [0, 0.05) is 32.1 Å². The molecule has 0 spiro atoms. The highest BCUT2D eigenvalue weighted by atomic mass is 32.2. The largest absolute Gasteiger partial charge is 0.454 e. The highest BCUT2D eigenvalue weighted by molar-refractivity contribution is 7.92. The zero-order valence-corrected chi connectivity index (χ0v) is 22.2. The maximum absolute atomic E-state index is 13.4. The lowest BCUT2D eigenvalue weighted by atomic mass is 10.1. The molecule has 2 aromatic carbocycles. The molecule has 0 unspecified atom stereocenters. The summed E-state index contributed by atoms with van der Waals surface area (Å²) in [4.78, 5) is 27.4. The molecule has 1 N–H and O–H groups in total. The van der Waals surface area contributed by atoms with Gasteiger partial charge in [0.1, 0.15) is 11.9 Å². The van der Waals surface area contributed by atoms with Gasteiger partial charge in [0.2, 0.25) is 28.6 Å². The number of ether oxygens (including phenoxy) is 2. The number of nitrogens with one attached hydrogen (secondary N) is 1. The van der Waals surface area contributed by atoms with Gasteiger partial charge in [-0.1, -0.05) is 25.5 Å². The number of hydrogen-bond acceptors (Lipinski definition) is 6.